The number of Topliss-reactive ketones (excluding diaryl/α,β-unsaturated/α-hetero) is 3. The standard InChI is InChI=1S/C13H12O3/c1-3-8-11(14)10-6-7(2)4-5-9(10)13(16)12(8)15/h4-6,8H,3H2,1-2H3. The number of ketones is 3. The van der Waals surface area contributed by atoms with Gasteiger partial charge >= 0.3 is 0 Å². The molecule has 0 N–H and O–H groups in total. The Morgan fingerprint density at radius 2 is 1.75 bits per heavy atom. The Hall–Kier alpha value is -1.77. The topological polar surface area (TPSA) is 51.2 Å². The zero-order valence-electron chi connectivity index (χ0n) is 9.24. The normalized spacial score (nSPS) is 19.9. The minimum absolute atomic E-state index is 0.217. The van der Waals surface area contributed by atoms with E-state index in [2.05, 4.69) is 0 Å². The van der Waals surface area contributed by atoms with Gasteiger partial charge in [0.1, 0.15) is 0 Å². The summed E-state index contributed by atoms with van der Waals surface area (Å²) >= 11 is 0. The highest BCUT2D eigenvalue weighted by molar-refractivity contribution is 6.51. The number of carbonyl (C=O) groups excluding carboxylic acids is 3. The van der Waals surface area contributed by atoms with E-state index in [-0.39, 0.29) is 11.3 Å². The van der Waals surface area contributed by atoms with Crippen molar-refractivity contribution in [3.63, 3.8) is 0 Å². The molecule has 1 aliphatic carbocycles. The average Bonchev–Trinajstić information content (AvgIpc) is 2.27. The van der Waals surface area contributed by atoms with Crippen molar-refractivity contribution in [1.29, 1.82) is 0 Å². The van der Waals surface area contributed by atoms with Crippen LogP contribution in [0.3, 0.4) is 0 Å². The Labute approximate surface area is 93.5 Å². The summed E-state index contributed by atoms with van der Waals surface area (Å²) in [5.41, 5.74) is 1.57. The smallest absolute Gasteiger partial charge is 0.230 e. The van der Waals surface area contributed by atoms with Gasteiger partial charge < -0.3 is 0 Å². The Morgan fingerprint density at radius 3 is 2.38 bits per heavy atom. The molecule has 0 fully saturated rings. The maximum Gasteiger partial charge on any atom is 0.230 e. The van der Waals surface area contributed by atoms with Crippen molar-refractivity contribution in [3.8, 4) is 0 Å². The zero-order valence-corrected chi connectivity index (χ0v) is 9.24. The van der Waals surface area contributed by atoms with Crippen LogP contribution in [-0.4, -0.2) is 17.3 Å². The number of hydrogen-bond acceptors (Lipinski definition) is 3. The van der Waals surface area contributed by atoms with E-state index < -0.39 is 17.5 Å². The molecule has 3 heteroatoms. The van der Waals surface area contributed by atoms with Crippen LogP contribution in [0.15, 0.2) is 18.2 Å². The van der Waals surface area contributed by atoms with Crippen molar-refractivity contribution >= 4 is 17.3 Å². The number of rotatable bonds is 1. The van der Waals surface area contributed by atoms with Crippen LogP contribution in [0.25, 0.3) is 0 Å². The maximum atomic E-state index is 12.0. The number of hydrogen-bond donors (Lipinski definition) is 0. The van der Waals surface area contributed by atoms with Gasteiger partial charge in [0, 0.05) is 11.1 Å². The molecule has 0 aliphatic heterocycles. The summed E-state index contributed by atoms with van der Waals surface area (Å²) in [7, 11) is 0. The first kappa shape index (κ1) is 10.7. The first-order valence-corrected chi connectivity index (χ1v) is 5.29. The van der Waals surface area contributed by atoms with E-state index in [9.17, 15) is 14.4 Å². The average molecular weight is 216 g/mol. The van der Waals surface area contributed by atoms with Crippen molar-refractivity contribution in [2.24, 2.45) is 5.92 Å². The van der Waals surface area contributed by atoms with Gasteiger partial charge in [0.05, 0.1) is 5.92 Å². The minimum Gasteiger partial charge on any atom is -0.293 e. The third-order valence-corrected chi connectivity index (χ3v) is 2.95. The summed E-state index contributed by atoms with van der Waals surface area (Å²) in [6.45, 7) is 3.60. The summed E-state index contributed by atoms with van der Waals surface area (Å²) in [4.78, 5) is 35.4. The van der Waals surface area contributed by atoms with E-state index in [0.29, 0.717) is 12.0 Å². The molecule has 0 amide bonds. The zero-order chi connectivity index (χ0) is 11.9. The van der Waals surface area contributed by atoms with Gasteiger partial charge in [-0.2, -0.15) is 0 Å². The molecule has 0 spiro atoms. The summed E-state index contributed by atoms with van der Waals surface area (Å²) in [5.74, 6) is -2.09. The fraction of sp³-hybridized carbons (Fsp3) is 0.308. The van der Waals surface area contributed by atoms with Crippen LogP contribution in [0.4, 0.5) is 0 Å². The van der Waals surface area contributed by atoms with Crippen LogP contribution in [0, 0.1) is 12.8 Å². The second-order valence-electron chi connectivity index (χ2n) is 4.07. The van der Waals surface area contributed by atoms with Gasteiger partial charge in [0.15, 0.2) is 5.78 Å². The fourth-order valence-corrected chi connectivity index (χ4v) is 2.03. The number of fused-ring (bicyclic) bond motifs is 1. The highest BCUT2D eigenvalue weighted by Gasteiger charge is 2.38. The first-order chi connectivity index (χ1) is 7.56. The lowest BCUT2D eigenvalue weighted by Crippen LogP contribution is -2.36. The van der Waals surface area contributed by atoms with Crippen molar-refractivity contribution in [2.45, 2.75) is 20.3 Å². The van der Waals surface area contributed by atoms with Gasteiger partial charge in [-0.15, -0.1) is 0 Å². The summed E-state index contributed by atoms with van der Waals surface area (Å²) < 4.78 is 0. The summed E-state index contributed by atoms with van der Waals surface area (Å²) in [5, 5.41) is 0. The molecule has 0 heterocycles. The number of carbonyl (C=O) groups is 3. The fourth-order valence-electron chi connectivity index (χ4n) is 2.03. The van der Waals surface area contributed by atoms with Crippen LogP contribution >= 0.6 is 0 Å². The van der Waals surface area contributed by atoms with E-state index in [1.165, 1.54) is 0 Å². The molecule has 0 saturated heterocycles. The molecule has 0 bridgehead atoms. The van der Waals surface area contributed by atoms with E-state index in [0.717, 1.165) is 5.56 Å². The molecule has 0 aromatic heterocycles. The molecular formula is C13H12O3. The van der Waals surface area contributed by atoms with Gasteiger partial charge in [0.25, 0.3) is 0 Å². The van der Waals surface area contributed by atoms with Gasteiger partial charge in [-0.05, 0) is 25.5 Å². The van der Waals surface area contributed by atoms with Gasteiger partial charge in [0.2, 0.25) is 11.6 Å². The molecule has 3 nitrogen and oxygen atoms in total. The molecule has 1 aromatic carbocycles. The Kier molecular flexibility index (Phi) is 2.46. The molecule has 0 saturated carbocycles. The van der Waals surface area contributed by atoms with Gasteiger partial charge in [-0.3, -0.25) is 14.4 Å². The second-order valence-corrected chi connectivity index (χ2v) is 4.07. The highest BCUT2D eigenvalue weighted by Crippen LogP contribution is 2.25. The lowest BCUT2D eigenvalue weighted by Gasteiger charge is -2.20. The minimum atomic E-state index is -0.776. The van der Waals surface area contributed by atoms with Crippen molar-refractivity contribution in [3.05, 3.63) is 34.9 Å². The Balaban J connectivity index is 2.64. The lowest BCUT2D eigenvalue weighted by molar-refractivity contribution is -0.117. The first-order valence-electron chi connectivity index (χ1n) is 5.29. The van der Waals surface area contributed by atoms with Crippen LogP contribution in [-0.2, 0) is 4.79 Å². The van der Waals surface area contributed by atoms with Gasteiger partial charge in [-0.25, -0.2) is 0 Å². The Bertz CT molecular complexity index is 500. The summed E-state index contributed by atoms with van der Waals surface area (Å²) in [6, 6.07) is 4.99. The predicted octanol–water partition coefficient (Wildman–Crippen LogP) is 1.97. The van der Waals surface area contributed by atoms with E-state index in [1.807, 2.05) is 6.92 Å². The van der Waals surface area contributed by atoms with Crippen molar-refractivity contribution < 1.29 is 14.4 Å². The second kappa shape index (κ2) is 3.67. The SMILES string of the molecule is CCC1C(=O)C(=O)c2ccc(C)cc2C1=O. The molecule has 16 heavy (non-hydrogen) atoms. The van der Waals surface area contributed by atoms with Crippen molar-refractivity contribution in [1.82, 2.24) is 0 Å². The van der Waals surface area contributed by atoms with E-state index >= 15 is 0 Å². The third kappa shape index (κ3) is 1.40. The number of aryl methyl sites for hydroxylation is 1. The number of benzene rings is 1. The van der Waals surface area contributed by atoms with Crippen LogP contribution < -0.4 is 0 Å². The predicted molar refractivity (Wildman–Crippen MR) is 58.6 cm³/mol. The third-order valence-electron chi connectivity index (χ3n) is 2.95. The van der Waals surface area contributed by atoms with Crippen LogP contribution in [0.5, 0.6) is 0 Å². The largest absolute Gasteiger partial charge is 0.293 e. The Morgan fingerprint density at radius 1 is 1.06 bits per heavy atom. The molecule has 1 aliphatic rings. The van der Waals surface area contributed by atoms with Crippen molar-refractivity contribution in [2.75, 3.05) is 0 Å². The summed E-state index contributed by atoms with van der Waals surface area (Å²) in [6.07, 6.45) is 0.386. The lowest BCUT2D eigenvalue weighted by atomic mass is 9.79. The van der Waals surface area contributed by atoms with E-state index in [4.69, 9.17) is 0 Å². The van der Waals surface area contributed by atoms with Crippen LogP contribution in [0.1, 0.15) is 39.6 Å². The maximum absolute atomic E-state index is 12.0. The van der Waals surface area contributed by atoms with E-state index in [1.54, 1.807) is 25.1 Å². The molecule has 1 unspecified atom stereocenters. The molecule has 82 valence electrons. The molecule has 2 rings (SSSR count). The molecule has 0 radical (unpaired) electrons. The van der Waals surface area contributed by atoms with Crippen LogP contribution in [0.2, 0.25) is 0 Å². The highest BCUT2D eigenvalue weighted by atomic mass is 16.2. The van der Waals surface area contributed by atoms with Gasteiger partial charge in [-0.1, -0.05) is 18.6 Å². The molecule has 1 atom stereocenters. The quantitative estimate of drug-likeness (QED) is 0.532. The molecular weight excluding hydrogens is 204 g/mol. The monoisotopic (exact) mass is 216 g/mol. The molecule has 1 aromatic rings.